The standard InChI is InChI=1S/C25H40N6O/c1-6-26-25(27-12-9-13-31-20(3)14-19(2)29-31)28-15-23-10-7-8-11-24(23)18-30-16-21(4)32-22(5)17-30/h7-8,10-11,14,21-22H,6,9,12-13,15-18H2,1-5H3,(H2,26,27,28). The van der Waals surface area contributed by atoms with Crippen molar-refractivity contribution in [3.05, 3.63) is 52.8 Å². The van der Waals surface area contributed by atoms with E-state index in [1.54, 1.807) is 0 Å². The van der Waals surface area contributed by atoms with Crippen LogP contribution in [0.25, 0.3) is 0 Å². The molecule has 0 bridgehead atoms. The van der Waals surface area contributed by atoms with Gasteiger partial charge in [-0.1, -0.05) is 24.3 Å². The summed E-state index contributed by atoms with van der Waals surface area (Å²) in [4.78, 5) is 7.35. The summed E-state index contributed by atoms with van der Waals surface area (Å²) in [5.41, 5.74) is 4.91. The minimum Gasteiger partial charge on any atom is -0.373 e. The van der Waals surface area contributed by atoms with Gasteiger partial charge in [-0.15, -0.1) is 0 Å². The molecule has 32 heavy (non-hydrogen) atoms. The number of hydrogen-bond acceptors (Lipinski definition) is 4. The molecule has 3 rings (SSSR count). The first kappa shape index (κ1) is 24.3. The highest BCUT2D eigenvalue weighted by Crippen LogP contribution is 2.17. The molecule has 7 nitrogen and oxygen atoms in total. The molecule has 1 saturated heterocycles. The first-order valence-electron chi connectivity index (χ1n) is 11.9. The van der Waals surface area contributed by atoms with Crippen LogP contribution in [0.1, 0.15) is 49.7 Å². The molecule has 0 aliphatic carbocycles. The fourth-order valence-corrected chi connectivity index (χ4v) is 4.36. The third-order valence-corrected chi connectivity index (χ3v) is 5.70. The molecule has 1 fully saturated rings. The molecule has 2 aromatic rings. The Hall–Kier alpha value is -2.38. The minimum atomic E-state index is 0.280. The van der Waals surface area contributed by atoms with Crippen LogP contribution < -0.4 is 10.6 Å². The number of nitrogens with one attached hydrogen (secondary N) is 2. The summed E-state index contributed by atoms with van der Waals surface area (Å²) in [7, 11) is 0. The number of aliphatic imine (C=N–C) groups is 1. The van der Waals surface area contributed by atoms with Gasteiger partial charge in [0.2, 0.25) is 0 Å². The van der Waals surface area contributed by atoms with E-state index in [4.69, 9.17) is 9.73 Å². The lowest BCUT2D eigenvalue weighted by Gasteiger charge is -2.35. The maximum absolute atomic E-state index is 5.89. The maximum atomic E-state index is 5.89. The van der Waals surface area contributed by atoms with Crippen molar-refractivity contribution in [2.45, 2.75) is 72.9 Å². The van der Waals surface area contributed by atoms with E-state index in [-0.39, 0.29) is 12.2 Å². The van der Waals surface area contributed by atoms with Gasteiger partial charge < -0.3 is 15.4 Å². The molecule has 0 amide bonds. The highest BCUT2D eigenvalue weighted by molar-refractivity contribution is 5.79. The van der Waals surface area contributed by atoms with Gasteiger partial charge in [0.1, 0.15) is 0 Å². The van der Waals surface area contributed by atoms with E-state index in [0.29, 0.717) is 6.54 Å². The summed E-state index contributed by atoms with van der Waals surface area (Å²) in [6.45, 7) is 16.7. The highest BCUT2D eigenvalue weighted by atomic mass is 16.5. The average Bonchev–Trinajstić information content (AvgIpc) is 3.06. The Morgan fingerprint density at radius 2 is 1.84 bits per heavy atom. The summed E-state index contributed by atoms with van der Waals surface area (Å²) in [5.74, 6) is 0.865. The van der Waals surface area contributed by atoms with Crippen LogP contribution in [0.5, 0.6) is 0 Å². The second-order valence-electron chi connectivity index (χ2n) is 8.85. The van der Waals surface area contributed by atoms with Gasteiger partial charge in [-0.3, -0.25) is 9.58 Å². The normalized spacial score (nSPS) is 19.8. The summed E-state index contributed by atoms with van der Waals surface area (Å²) in [6, 6.07) is 10.8. The third-order valence-electron chi connectivity index (χ3n) is 5.70. The largest absolute Gasteiger partial charge is 0.373 e. The van der Waals surface area contributed by atoms with E-state index in [1.165, 1.54) is 16.8 Å². The Morgan fingerprint density at radius 3 is 2.50 bits per heavy atom. The minimum absolute atomic E-state index is 0.280. The van der Waals surface area contributed by atoms with E-state index < -0.39 is 0 Å². The Balaban J connectivity index is 1.55. The SMILES string of the molecule is CCNC(=NCc1ccccc1CN1CC(C)OC(C)C1)NCCCn1nc(C)cc1C. The number of benzene rings is 1. The van der Waals surface area contributed by atoms with Gasteiger partial charge in [0, 0.05) is 45.0 Å². The van der Waals surface area contributed by atoms with Crippen LogP contribution in [0.2, 0.25) is 0 Å². The van der Waals surface area contributed by atoms with Crippen molar-refractivity contribution in [1.82, 2.24) is 25.3 Å². The van der Waals surface area contributed by atoms with Crippen molar-refractivity contribution < 1.29 is 4.74 Å². The number of nitrogens with zero attached hydrogens (tertiary/aromatic N) is 4. The molecule has 1 aromatic heterocycles. The van der Waals surface area contributed by atoms with Crippen molar-refractivity contribution in [3.8, 4) is 0 Å². The Labute approximate surface area is 193 Å². The molecule has 1 aliphatic rings. The molecular weight excluding hydrogens is 400 g/mol. The predicted molar refractivity (Wildman–Crippen MR) is 131 cm³/mol. The van der Waals surface area contributed by atoms with E-state index >= 15 is 0 Å². The van der Waals surface area contributed by atoms with Gasteiger partial charge in [-0.05, 0) is 58.2 Å². The van der Waals surface area contributed by atoms with Crippen molar-refractivity contribution in [2.75, 3.05) is 26.2 Å². The molecule has 0 spiro atoms. The predicted octanol–water partition coefficient (Wildman–Crippen LogP) is 3.25. The van der Waals surface area contributed by atoms with E-state index in [1.807, 2.05) is 6.92 Å². The van der Waals surface area contributed by atoms with Crippen molar-refractivity contribution >= 4 is 5.96 Å². The molecule has 1 aliphatic heterocycles. The van der Waals surface area contributed by atoms with E-state index in [2.05, 4.69) is 83.3 Å². The average molecular weight is 441 g/mol. The molecule has 7 heteroatoms. The molecule has 176 valence electrons. The fraction of sp³-hybridized carbons (Fsp3) is 0.600. The number of rotatable bonds is 9. The zero-order chi connectivity index (χ0) is 22.9. The smallest absolute Gasteiger partial charge is 0.191 e. The van der Waals surface area contributed by atoms with Gasteiger partial charge in [0.05, 0.1) is 24.4 Å². The Bertz CT molecular complexity index is 867. The molecule has 0 saturated carbocycles. The number of aryl methyl sites for hydroxylation is 3. The lowest BCUT2D eigenvalue weighted by molar-refractivity contribution is -0.0705. The van der Waals surface area contributed by atoms with Crippen LogP contribution in [0.4, 0.5) is 0 Å². The molecule has 2 N–H and O–H groups in total. The molecule has 2 unspecified atom stereocenters. The van der Waals surface area contributed by atoms with Crippen LogP contribution in [0, 0.1) is 13.8 Å². The second-order valence-corrected chi connectivity index (χ2v) is 8.85. The van der Waals surface area contributed by atoms with Crippen LogP contribution in [0.3, 0.4) is 0 Å². The van der Waals surface area contributed by atoms with Crippen LogP contribution in [0.15, 0.2) is 35.3 Å². The second kappa shape index (κ2) is 12.0. The highest BCUT2D eigenvalue weighted by Gasteiger charge is 2.22. The van der Waals surface area contributed by atoms with Crippen molar-refractivity contribution in [2.24, 2.45) is 4.99 Å². The lowest BCUT2D eigenvalue weighted by Crippen LogP contribution is -2.44. The first-order chi connectivity index (χ1) is 15.4. The van der Waals surface area contributed by atoms with Gasteiger partial charge in [0.25, 0.3) is 0 Å². The Kier molecular flexibility index (Phi) is 9.11. The molecule has 1 aromatic carbocycles. The zero-order valence-corrected chi connectivity index (χ0v) is 20.4. The van der Waals surface area contributed by atoms with Gasteiger partial charge >= 0.3 is 0 Å². The monoisotopic (exact) mass is 440 g/mol. The van der Waals surface area contributed by atoms with Crippen LogP contribution in [-0.2, 0) is 24.4 Å². The summed E-state index contributed by atoms with van der Waals surface area (Å²) in [6.07, 6.45) is 1.56. The zero-order valence-electron chi connectivity index (χ0n) is 20.4. The van der Waals surface area contributed by atoms with Crippen LogP contribution >= 0.6 is 0 Å². The third kappa shape index (κ3) is 7.35. The number of hydrogen-bond donors (Lipinski definition) is 2. The molecule has 2 heterocycles. The number of ether oxygens (including phenoxy) is 1. The molecular formula is C25H40N6O. The van der Waals surface area contributed by atoms with Gasteiger partial charge in [-0.25, -0.2) is 4.99 Å². The molecule has 2 atom stereocenters. The summed E-state index contributed by atoms with van der Waals surface area (Å²) in [5, 5.41) is 11.4. The van der Waals surface area contributed by atoms with Crippen LogP contribution in [-0.4, -0.2) is 59.0 Å². The number of aromatic nitrogens is 2. The topological polar surface area (TPSA) is 66.7 Å². The number of morpholine rings is 1. The summed E-state index contributed by atoms with van der Waals surface area (Å²) < 4.78 is 7.96. The maximum Gasteiger partial charge on any atom is 0.191 e. The lowest BCUT2D eigenvalue weighted by atomic mass is 10.1. The molecule has 0 radical (unpaired) electrons. The first-order valence-corrected chi connectivity index (χ1v) is 11.9. The van der Waals surface area contributed by atoms with Gasteiger partial charge in [0.15, 0.2) is 5.96 Å². The van der Waals surface area contributed by atoms with E-state index in [9.17, 15) is 0 Å². The van der Waals surface area contributed by atoms with Crippen molar-refractivity contribution in [1.29, 1.82) is 0 Å². The fourth-order valence-electron chi connectivity index (χ4n) is 4.36. The Morgan fingerprint density at radius 1 is 1.12 bits per heavy atom. The van der Waals surface area contributed by atoms with Gasteiger partial charge in [-0.2, -0.15) is 5.10 Å². The number of guanidine groups is 1. The van der Waals surface area contributed by atoms with Crippen molar-refractivity contribution in [3.63, 3.8) is 0 Å². The summed E-state index contributed by atoms with van der Waals surface area (Å²) >= 11 is 0. The quantitative estimate of drug-likeness (QED) is 0.356. The van der Waals surface area contributed by atoms with E-state index in [0.717, 1.165) is 57.3 Å².